The van der Waals surface area contributed by atoms with Crippen molar-refractivity contribution in [2.45, 2.75) is 31.7 Å². The van der Waals surface area contributed by atoms with Crippen LogP contribution in [-0.2, 0) is 4.79 Å². The van der Waals surface area contributed by atoms with Crippen molar-refractivity contribution in [3.05, 3.63) is 0 Å². The summed E-state index contributed by atoms with van der Waals surface area (Å²) in [4.78, 5) is 14.0. The lowest BCUT2D eigenvalue weighted by Gasteiger charge is -2.33. The van der Waals surface area contributed by atoms with Crippen LogP contribution in [0.15, 0.2) is 0 Å². The van der Waals surface area contributed by atoms with E-state index in [1.54, 1.807) is 7.05 Å². The van der Waals surface area contributed by atoms with E-state index >= 15 is 0 Å². The quantitative estimate of drug-likeness (QED) is 0.721. The van der Waals surface area contributed by atoms with Gasteiger partial charge in [-0.2, -0.15) is 0 Å². The minimum atomic E-state index is 0.208. The first-order valence-electron chi connectivity index (χ1n) is 6.47. The van der Waals surface area contributed by atoms with Gasteiger partial charge in [-0.1, -0.05) is 0 Å². The van der Waals surface area contributed by atoms with E-state index in [1.165, 1.54) is 12.8 Å². The molecule has 0 aromatic heterocycles. The summed E-state index contributed by atoms with van der Waals surface area (Å²) in [6.07, 6.45) is 4.80. The number of likely N-dealkylation sites (tertiary alicyclic amines) is 1. The summed E-state index contributed by atoms with van der Waals surface area (Å²) in [5.74, 6) is 0.421. The minimum absolute atomic E-state index is 0.208. The summed E-state index contributed by atoms with van der Waals surface area (Å²) < 4.78 is 0. The molecule has 1 amide bonds. The van der Waals surface area contributed by atoms with Crippen LogP contribution in [0.2, 0.25) is 0 Å². The molecule has 0 bridgehead atoms. The predicted octanol–water partition coefficient (Wildman–Crippen LogP) is 0.196. The fourth-order valence-electron chi connectivity index (χ4n) is 2.86. The monoisotopic (exact) mass is 225 g/mol. The van der Waals surface area contributed by atoms with E-state index in [0.29, 0.717) is 6.04 Å². The molecule has 0 saturated carbocycles. The van der Waals surface area contributed by atoms with E-state index in [2.05, 4.69) is 15.5 Å². The Morgan fingerprint density at radius 1 is 1.44 bits per heavy atom. The second kappa shape index (κ2) is 5.64. The number of rotatable bonds is 3. The maximum absolute atomic E-state index is 11.6. The number of carbonyl (C=O) groups excluding carboxylic acids is 1. The number of nitrogens with one attached hydrogen (secondary N) is 2. The van der Waals surface area contributed by atoms with Crippen LogP contribution in [0.5, 0.6) is 0 Å². The Kier molecular flexibility index (Phi) is 4.18. The molecule has 2 fully saturated rings. The second-order valence-electron chi connectivity index (χ2n) is 5.01. The van der Waals surface area contributed by atoms with Gasteiger partial charge in [-0.05, 0) is 38.8 Å². The van der Waals surface area contributed by atoms with Gasteiger partial charge in [0.15, 0.2) is 0 Å². The Hall–Kier alpha value is -0.610. The van der Waals surface area contributed by atoms with E-state index in [1.807, 2.05) is 0 Å². The van der Waals surface area contributed by atoms with E-state index < -0.39 is 0 Å². The van der Waals surface area contributed by atoms with Crippen LogP contribution in [-0.4, -0.2) is 50.1 Å². The van der Waals surface area contributed by atoms with E-state index in [9.17, 15) is 4.79 Å². The average molecular weight is 225 g/mol. The summed E-state index contributed by atoms with van der Waals surface area (Å²) in [6, 6.07) is 0.656. The number of piperidine rings is 1. The highest BCUT2D eigenvalue weighted by Crippen LogP contribution is 2.18. The van der Waals surface area contributed by atoms with Crippen LogP contribution < -0.4 is 10.6 Å². The molecule has 2 unspecified atom stereocenters. The molecule has 0 aromatic carbocycles. The first kappa shape index (κ1) is 11.9. The largest absolute Gasteiger partial charge is 0.359 e. The molecule has 4 nitrogen and oxygen atoms in total. The third kappa shape index (κ3) is 2.95. The Bertz CT molecular complexity index is 238. The number of nitrogens with zero attached hydrogens (tertiary/aromatic N) is 1. The molecule has 2 atom stereocenters. The van der Waals surface area contributed by atoms with Gasteiger partial charge >= 0.3 is 0 Å². The van der Waals surface area contributed by atoms with Gasteiger partial charge in [0.2, 0.25) is 5.91 Å². The van der Waals surface area contributed by atoms with Crippen LogP contribution in [0.25, 0.3) is 0 Å². The van der Waals surface area contributed by atoms with Crippen molar-refractivity contribution < 1.29 is 4.79 Å². The molecule has 2 rings (SSSR count). The fraction of sp³-hybridized carbons (Fsp3) is 0.917. The van der Waals surface area contributed by atoms with Crippen molar-refractivity contribution in [1.82, 2.24) is 15.5 Å². The van der Waals surface area contributed by atoms with Gasteiger partial charge in [0.1, 0.15) is 0 Å². The molecule has 2 aliphatic rings. The molecule has 92 valence electrons. The van der Waals surface area contributed by atoms with Crippen LogP contribution in [0, 0.1) is 5.92 Å². The molecule has 4 heteroatoms. The van der Waals surface area contributed by atoms with Crippen LogP contribution >= 0.6 is 0 Å². The lowest BCUT2D eigenvalue weighted by molar-refractivity contribution is -0.126. The molecule has 2 aliphatic heterocycles. The lowest BCUT2D eigenvalue weighted by atomic mass is 9.96. The van der Waals surface area contributed by atoms with Gasteiger partial charge in [-0.25, -0.2) is 0 Å². The van der Waals surface area contributed by atoms with Crippen molar-refractivity contribution in [3.8, 4) is 0 Å². The topological polar surface area (TPSA) is 44.4 Å². The van der Waals surface area contributed by atoms with Crippen LogP contribution in [0.3, 0.4) is 0 Å². The normalized spacial score (nSPS) is 31.6. The zero-order valence-corrected chi connectivity index (χ0v) is 10.2. The molecule has 2 saturated heterocycles. The smallest absolute Gasteiger partial charge is 0.224 e. The predicted molar refractivity (Wildman–Crippen MR) is 64.3 cm³/mol. The molecule has 2 heterocycles. The summed E-state index contributed by atoms with van der Waals surface area (Å²) in [7, 11) is 1.74. The first-order chi connectivity index (χ1) is 7.79. The third-order valence-corrected chi connectivity index (χ3v) is 3.76. The zero-order valence-electron chi connectivity index (χ0n) is 10.2. The zero-order chi connectivity index (χ0) is 11.4. The number of amides is 1. The minimum Gasteiger partial charge on any atom is -0.359 e. The summed E-state index contributed by atoms with van der Waals surface area (Å²) in [5, 5.41) is 6.29. The third-order valence-electron chi connectivity index (χ3n) is 3.76. The maximum Gasteiger partial charge on any atom is 0.224 e. The van der Waals surface area contributed by atoms with Gasteiger partial charge in [-0.3, -0.25) is 4.79 Å². The summed E-state index contributed by atoms with van der Waals surface area (Å²) in [6.45, 7) is 4.38. The molecule has 0 radical (unpaired) electrons. The molecule has 0 spiro atoms. The average Bonchev–Trinajstić information content (AvgIpc) is 2.81. The Morgan fingerprint density at radius 2 is 2.31 bits per heavy atom. The Balaban J connectivity index is 1.79. The van der Waals surface area contributed by atoms with Crippen LogP contribution in [0.4, 0.5) is 0 Å². The standard InChI is InChI=1S/C12H23N3O/c1-13-12(16)10-4-3-7-15(8-10)9-11-5-2-6-14-11/h10-11,14H,2-9H2,1H3,(H,13,16). The van der Waals surface area contributed by atoms with Gasteiger partial charge in [0, 0.05) is 26.2 Å². The van der Waals surface area contributed by atoms with E-state index in [0.717, 1.165) is 39.0 Å². The highest BCUT2D eigenvalue weighted by atomic mass is 16.1. The molecule has 2 N–H and O–H groups in total. The van der Waals surface area contributed by atoms with Crippen molar-refractivity contribution >= 4 is 5.91 Å². The number of carbonyl (C=O) groups is 1. The van der Waals surface area contributed by atoms with Gasteiger partial charge in [0.25, 0.3) is 0 Å². The Labute approximate surface area is 97.8 Å². The van der Waals surface area contributed by atoms with Gasteiger partial charge in [0.05, 0.1) is 5.92 Å². The van der Waals surface area contributed by atoms with Crippen LogP contribution in [0.1, 0.15) is 25.7 Å². The lowest BCUT2D eigenvalue weighted by Crippen LogP contribution is -2.46. The molecular weight excluding hydrogens is 202 g/mol. The van der Waals surface area contributed by atoms with Crippen molar-refractivity contribution in [1.29, 1.82) is 0 Å². The molecule has 16 heavy (non-hydrogen) atoms. The SMILES string of the molecule is CNC(=O)C1CCCN(CC2CCCN2)C1. The maximum atomic E-state index is 11.6. The number of hydrogen-bond acceptors (Lipinski definition) is 3. The molecule has 0 aliphatic carbocycles. The van der Waals surface area contributed by atoms with Crippen molar-refractivity contribution in [3.63, 3.8) is 0 Å². The first-order valence-corrected chi connectivity index (χ1v) is 6.47. The van der Waals surface area contributed by atoms with Crippen molar-refractivity contribution in [2.75, 3.05) is 33.2 Å². The molecule has 0 aromatic rings. The highest BCUT2D eigenvalue weighted by molar-refractivity contribution is 5.78. The van der Waals surface area contributed by atoms with E-state index in [-0.39, 0.29) is 11.8 Å². The fourth-order valence-corrected chi connectivity index (χ4v) is 2.86. The highest BCUT2D eigenvalue weighted by Gasteiger charge is 2.27. The summed E-state index contributed by atoms with van der Waals surface area (Å²) >= 11 is 0. The number of hydrogen-bond donors (Lipinski definition) is 2. The Morgan fingerprint density at radius 3 is 3.00 bits per heavy atom. The van der Waals surface area contributed by atoms with Gasteiger partial charge in [-0.15, -0.1) is 0 Å². The van der Waals surface area contributed by atoms with Crippen molar-refractivity contribution in [2.24, 2.45) is 5.92 Å². The second-order valence-corrected chi connectivity index (χ2v) is 5.01. The summed E-state index contributed by atoms with van der Waals surface area (Å²) in [5.41, 5.74) is 0. The van der Waals surface area contributed by atoms with E-state index in [4.69, 9.17) is 0 Å². The molecular formula is C12H23N3O. The van der Waals surface area contributed by atoms with Gasteiger partial charge < -0.3 is 15.5 Å².